The fraction of sp³-hybridized carbons (Fsp3) is 0. The van der Waals surface area contributed by atoms with Crippen LogP contribution in [-0.4, -0.2) is 34.0 Å². The number of carbonyl (C=O) groups is 4. The topological polar surface area (TPSA) is 151 Å². The summed E-state index contributed by atoms with van der Waals surface area (Å²) < 4.78 is 12.0. The summed E-state index contributed by atoms with van der Waals surface area (Å²) in [6.07, 6.45) is 3.03. The lowest BCUT2D eigenvalue weighted by Crippen LogP contribution is -2.16. The van der Waals surface area contributed by atoms with Crippen molar-refractivity contribution in [1.82, 2.24) is 0 Å². The molecule has 10 nitrogen and oxygen atoms in total. The zero-order chi connectivity index (χ0) is 38.2. The van der Waals surface area contributed by atoms with Crippen LogP contribution in [0.2, 0.25) is 0 Å². The van der Waals surface area contributed by atoms with E-state index in [1.807, 2.05) is 48.5 Å². The fourth-order valence-corrected chi connectivity index (χ4v) is 5.44. The molecule has 0 aliphatic heterocycles. The van der Waals surface area contributed by atoms with Crippen LogP contribution in [0.1, 0.15) is 52.6 Å². The number of aromatic carboxylic acids is 2. The molecule has 0 aromatic heterocycles. The molecule has 0 saturated carbocycles. The third kappa shape index (κ3) is 8.59. The first-order chi connectivity index (χ1) is 26.1. The smallest absolute Gasteiger partial charge is 0.336 e. The molecule has 6 aromatic carbocycles. The van der Waals surface area contributed by atoms with Gasteiger partial charge in [-0.25, -0.2) is 9.59 Å². The highest BCUT2D eigenvalue weighted by molar-refractivity contribution is 6.11. The molecule has 2 amide bonds. The van der Waals surface area contributed by atoms with Gasteiger partial charge in [-0.3, -0.25) is 9.59 Å². The molecule has 10 heteroatoms. The lowest BCUT2D eigenvalue weighted by molar-refractivity contribution is 0.0683. The number of nitrogens with one attached hydrogen (secondary N) is 2. The SMILES string of the molecule is C=Cc1ccc(C(=O)Nc2ccc(Oc3ccc(-c4ccc(Oc5ccc(NC(=O)c6ccc(C=C)cc6C(=O)O)cc5)cc4)cc3)cc2)c(C(=O)O)c1. The number of carboxylic acid groups (broad SMARTS) is 2. The number of carbonyl (C=O) groups excluding carboxylic acids is 2. The second kappa shape index (κ2) is 16.1. The molecule has 266 valence electrons. The number of amides is 2. The summed E-state index contributed by atoms with van der Waals surface area (Å²) in [5, 5.41) is 24.5. The van der Waals surface area contributed by atoms with E-state index in [0.717, 1.165) is 11.1 Å². The van der Waals surface area contributed by atoms with Crippen LogP contribution in [0.25, 0.3) is 23.3 Å². The first kappa shape index (κ1) is 36.1. The van der Waals surface area contributed by atoms with Gasteiger partial charge >= 0.3 is 11.9 Å². The lowest BCUT2D eigenvalue weighted by Gasteiger charge is -2.11. The monoisotopic (exact) mass is 716 g/mol. The van der Waals surface area contributed by atoms with Crippen molar-refractivity contribution >= 4 is 47.3 Å². The predicted molar refractivity (Wildman–Crippen MR) is 208 cm³/mol. The van der Waals surface area contributed by atoms with Gasteiger partial charge in [0.25, 0.3) is 11.8 Å². The quantitative estimate of drug-likeness (QED) is 0.0922. The molecule has 0 bridgehead atoms. The highest BCUT2D eigenvalue weighted by Gasteiger charge is 2.18. The Bertz CT molecular complexity index is 2210. The minimum absolute atomic E-state index is 0.0395. The molecule has 0 aliphatic rings. The Morgan fingerprint density at radius 1 is 0.444 bits per heavy atom. The van der Waals surface area contributed by atoms with Gasteiger partial charge in [0.15, 0.2) is 0 Å². The molecule has 0 saturated heterocycles. The van der Waals surface area contributed by atoms with E-state index in [-0.39, 0.29) is 22.3 Å². The largest absolute Gasteiger partial charge is 0.478 e. The minimum atomic E-state index is -1.21. The summed E-state index contributed by atoms with van der Waals surface area (Å²) in [5.74, 6) is -1.20. The van der Waals surface area contributed by atoms with E-state index in [9.17, 15) is 29.4 Å². The second-order valence-electron chi connectivity index (χ2n) is 11.8. The fourth-order valence-electron chi connectivity index (χ4n) is 5.44. The third-order valence-corrected chi connectivity index (χ3v) is 8.25. The van der Waals surface area contributed by atoms with Gasteiger partial charge in [-0.05, 0) is 119 Å². The van der Waals surface area contributed by atoms with Gasteiger partial charge in [-0.2, -0.15) is 0 Å². The molecule has 6 rings (SSSR count). The predicted octanol–water partition coefficient (Wildman–Crippen LogP) is 10.1. The van der Waals surface area contributed by atoms with Crippen LogP contribution < -0.4 is 20.1 Å². The lowest BCUT2D eigenvalue weighted by atomic mass is 10.0. The number of anilines is 2. The van der Waals surface area contributed by atoms with E-state index in [1.54, 1.807) is 60.7 Å². The van der Waals surface area contributed by atoms with Crippen molar-refractivity contribution in [2.75, 3.05) is 10.6 Å². The van der Waals surface area contributed by atoms with E-state index in [2.05, 4.69) is 23.8 Å². The van der Waals surface area contributed by atoms with Crippen molar-refractivity contribution in [2.45, 2.75) is 0 Å². The van der Waals surface area contributed by atoms with Crippen molar-refractivity contribution < 1.29 is 38.9 Å². The molecule has 54 heavy (non-hydrogen) atoms. The van der Waals surface area contributed by atoms with E-state index in [1.165, 1.54) is 36.4 Å². The van der Waals surface area contributed by atoms with Gasteiger partial charge in [0.2, 0.25) is 0 Å². The van der Waals surface area contributed by atoms with Crippen LogP contribution >= 0.6 is 0 Å². The standard InChI is InChI=1S/C44H32N2O8/c1-3-27-5-23-37(39(25-27)43(49)50)41(47)45-31-11-19-35(20-12-31)53-33-15-7-29(8-16-33)30-9-17-34(18-10-30)54-36-21-13-32(14-22-36)46-42(48)38-24-6-28(4-2)26-40(38)44(51)52/h3-26H,1-2H2,(H,45,47)(H,46,48)(H,49,50)(H,51,52). The molecule has 6 aromatic rings. The van der Waals surface area contributed by atoms with Crippen LogP contribution in [-0.2, 0) is 0 Å². The number of carboxylic acids is 2. The van der Waals surface area contributed by atoms with Crippen molar-refractivity contribution in [3.63, 3.8) is 0 Å². The van der Waals surface area contributed by atoms with Crippen molar-refractivity contribution in [2.24, 2.45) is 0 Å². The Hall–Kier alpha value is -7.72. The molecule has 0 fully saturated rings. The molecule has 0 radical (unpaired) electrons. The highest BCUT2D eigenvalue weighted by atomic mass is 16.5. The molecular formula is C44H32N2O8. The van der Waals surface area contributed by atoms with E-state index in [0.29, 0.717) is 45.5 Å². The second-order valence-corrected chi connectivity index (χ2v) is 11.8. The van der Waals surface area contributed by atoms with Crippen LogP contribution in [0.4, 0.5) is 11.4 Å². The molecule has 0 spiro atoms. The van der Waals surface area contributed by atoms with Gasteiger partial charge in [0.1, 0.15) is 23.0 Å². The van der Waals surface area contributed by atoms with Crippen molar-refractivity contribution in [1.29, 1.82) is 0 Å². The summed E-state index contributed by atoms with van der Waals surface area (Å²) in [4.78, 5) is 49.0. The molecule has 4 N–H and O–H groups in total. The molecule has 0 aliphatic carbocycles. The number of benzene rings is 6. The number of hydrogen-bond donors (Lipinski definition) is 4. The Morgan fingerprint density at radius 3 is 1.06 bits per heavy atom. The number of hydrogen-bond acceptors (Lipinski definition) is 6. The summed E-state index contributed by atoms with van der Waals surface area (Å²) in [5.41, 5.74) is 3.92. The summed E-state index contributed by atoms with van der Waals surface area (Å²) >= 11 is 0. The van der Waals surface area contributed by atoms with Crippen molar-refractivity contribution in [3.05, 3.63) is 180 Å². The maximum atomic E-state index is 12.8. The summed E-state index contributed by atoms with van der Waals surface area (Å²) in [6, 6.07) is 37.5. The molecule has 0 heterocycles. The number of rotatable bonds is 13. The average molecular weight is 717 g/mol. The maximum Gasteiger partial charge on any atom is 0.336 e. The van der Waals surface area contributed by atoms with Crippen LogP contribution in [0, 0.1) is 0 Å². The summed E-state index contributed by atoms with van der Waals surface area (Å²) in [7, 11) is 0. The molecule has 0 unspecified atom stereocenters. The van der Waals surface area contributed by atoms with Gasteiger partial charge in [0.05, 0.1) is 22.3 Å². The normalized spacial score (nSPS) is 10.4. The first-order valence-electron chi connectivity index (χ1n) is 16.5. The summed E-state index contributed by atoms with van der Waals surface area (Å²) in [6.45, 7) is 7.27. The molecule has 0 atom stereocenters. The van der Waals surface area contributed by atoms with E-state index in [4.69, 9.17) is 9.47 Å². The Balaban J connectivity index is 1.02. The Morgan fingerprint density at radius 2 is 0.759 bits per heavy atom. The maximum absolute atomic E-state index is 12.8. The van der Waals surface area contributed by atoms with Crippen molar-refractivity contribution in [3.8, 4) is 34.1 Å². The van der Waals surface area contributed by atoms with Gasteiger partial charge in [-0.1, -0.05) is 61.7 Å². The van der Waals surface area contributed by atoms with Gasteiger partial charge in [-0.15, -0.1) is 0 Å². The average Bonchev–Trinajstić information content (AvgIpc) is 3.19. The minimum Gasteiger partial charge on any atom is -0.478 e. The third-order valence-electron chi connectivity index (χ3n) is 8.25. The van der Waals surface area contributed by atoms with Gasteiger partial charge in [0, 0.05) is 11.4 Å². The first-order valence-corrected chi connectivity index (χ1v) is 16.5. The molecular weight excluding hydrogens is 684 g/mol. The Labute approximate surface area is 310 Å². The Kier molecular flexibility index (Phi) is 10.8. The van der Waals surface area contributed by atoms with Gasteiger partial charge < -0.3 is 30.3 Å². The zero-order valence-corrected chi connectivity index (χ0v) is 28.6. The highest BCUT2D eigenvalue weighted by Crippen LogP contribution is 2.30. The van der Waals surface area contributed by atoms with E-state index < -0.39 is 23.8 Å². The van der Waals surface area contributed by atoms with E-state index >= 15 is 0 Å². The zero-order valence-electron chi connectivity index (χ0n) is 28.6. The van der Waals surface area contributed by atoms with Crippen LogP contribution in [0.5, 0.6) is 23.0 Å². The number of ether oxygens (including phenoxy) is 2. The van der Waals surface area contributed by atoms with Crippen LogP contribution in [0.15, 0.2) is 147 Å². The van der Waals surface area contributed by atoms with Crippen LogP contribution in [0.3, 0.4) is 0 Å².